The number of nitrogens with one attached hydrogen (secondary N) is 1. The van der Waals surface area contributed by atoms with Crippen molar-refractivity contribution in [1.82, 2.24) is 4.98 Å². The lowest BCUT2D eigenvalue weighted by Crippen LogP contribution is -2.02. The van der Waals surface area contributed by atoms with Crippen LogP contribution in [-0.4, -0.2) is 4.98 Å². The Morgan fingerprint density at radius 3 is 2.65 bits per heavy atom. The summed E-state index contributed by atoms with van der Waals surface area (Å²) in [5.41, 5.74) is 7.89. The first-order valence-electron chi connectivity index (χ1n) is 5.20. The Hall–Kier alpha value is -2.54. The van der Waals surface area contributed by atoms with Crippen LogP contribution in [-0.2, 0) is 0 Å². The Morgan fingerprint density at radius 1 is 1.29 bits per heavy atom. The number of nitrogen functional groups attached to an aromatic ring is 1. The minimum atomic E-state index is 0.403. The zero-order valence-corrected chi connectivity index (χ0v) is 9.44. The molecule has 0 radical (unpaired) electrons. The predicted octanol–water partition coefficient (Wildman–Crippen LogP) is 2.59. The number of nitrogens with two attached hydrogens (primary N) is 1. The maximum absolute atomic E-state index is 9.10. The van der Waals surface area contributed by atoms with Crippen molar-refractivity contribution in [3.05, 3.63) is 47.5 Å². The summed E-state index contributed by atoms with van der Waals surface area (Å²) in [4.78, 5) is 4.14. The van der Waals surface area contributed by atoms with Gasteiger partial charge in [0, 0.05) is 5.69 Å². The summed E-state index contributed by atoms with van der Waals surface area (Å²) >= 11 is 0. The highest BCUT2D eigenvalue weighted by Gasteiger charge is 2.08. The van der Waals surface area contributed by atoms with Gasteiger partial charge in [0.1, 0.15) is 11.9 Å². The molecule has 0 unspecified atom stereocenters. The fourth-order valence-electron chi connectivity index (χ4n) is 1.59. The number of hydrogen-bond acceptors (Lipinski definition) is 4. The second-order valence-corrected chi connectivity index (χ2v) is 3.69. The Bertz CT molecular complexity index is 570. The van der Waals surface area contributed by atoms with E-state index in [-0.39, 0.29) is 0 Å². The highest BCUT2D eigenvalue weighted by molar-refractivity contribution is 5.66. The molecule has 4 heteroatoms. The van der Waals surface area contributed by atoms with Crippen LogP contribution in [0.1, 0.15) is 11.1 Å². The molecule has 2 rings (SSSR count). The van der Waals surface area contributed by atoms with Gasteiger partial charge >= 0.3 is 0 Å². The molecule has 4 nitrogen and oxygen atoms in total. The number of anilines is 3. The highest BCUT2D eigenvalue weighted by atomic mass is 15.0. The maximum atomic E-state index is 9.10. The van der Waals surface area contributed by atoms with Crippen LogP contribution in [0.25, 0.3) is 0 Å². The fraction of sp³-hybridized carbons (Fsp3) is 0.0769. The summed E-state index contributed by atoms with van der Waals surface area (Å²) in [7, 11) is 0. The standard InChI is InChI=1S/C13H12N4/c1-9-7-12(15)17-13(11(9)8-14)16-10-5-3-2-4-6-10/h2-7H,1H3,(H3,15,16,17). The molecular weight excluding hydrogens is 212 g/mol. The minimum Gasteiger partial charge on any atom is -0.384 e. The van der Waals surface area contributed by atoms with Crippen LogP contribution < -0.4 is 11.1 Å². The molecule has 0 saturated heterocycles. The third-order valence-electron chi connectivity index (χ3n) is 2.38. The molecule has 84 valence electrons. The van der Waals surface area contributed by atoms with E-state index < -0.39 is 0 Å². The molecule has 0 fully saturated rings. The Labute approximate surface area is 99.7 Å². The average molecular weight is 224 g/mol. The number of aryl methyl sites for hydroxylation is 1. The van der Waals surface area contributed by atoms with Crippen LogP contribution in [0, 0.1) is 18.3 Å². The first-order chi connectivity index (χ1) is 8.20. The largest absolute Gasteiger partial charge is 0.384 e. The third-order valence-corrected chi connectivity index (χ3v) is 2.38. The molecule has 0 aliphatic rings. The van der Waals surface area contributed by atoms with E-state index in [0.29, 0.717) is 17.2 Å². The molecule has 0 bridgehead atoms. The van der Waals surface area contributed by atoms with Gasteiger partial charge in [0.2, 0.25) is 0 Å². The molecular formula is C13H12N4. The van der Waals surface area contributed by atoms with Gasteiger partial charge in [0.25, 0.3) is 0 Å². The summed E-state index contributed by atoms with van der Waals surface area (Å²) in [5.74, 6) is 0.899. The van der Waals surface area contributed by atoms with Crippen molar-refractivity contribution in [2.45, 2.75) is 6.92 Å². The van der Waals surface area contributed by atoms with Crippen LogP contribution in [0.15, 0.2) is 36.4 Å². The lowest BCUT2D eigenvalue weighted by molar-refractivity contribution is 1.25. The molecule has 0 aliphatic heterocycles. The number of nitriles is 1. The van der Waals surface area contributed by atoms with E-state index in [9.17, 15) is 0 Å². The van der Waals surface area contributed by atoms with Crippen molar-refractivity contribution in [3.8, 4) is 6.07 Å². The quantitative estimate of drug-likeness (QED) is 0.822. The Balaban J connectivity index is 2.43. The molecule has 0 saturated carbocycles. The molecule has 0 amide bonds. The molecule has 0 spiro atoms. The van der Waals surface area contributed by atoms with E-state index in [0.717, 1.165) is 11.3 Å². The van der Waals surface area contributed by atoms with Gasteiger partial charge < -0.3 is 11.1 Å². The zero-order valence-electron chi connectivity index (χ0n) is 9.44. The number of benzene rings is 1. The van der Waals surface area contributed by atoms with E-state index in [1.54, 1.807) is 6.07 Å². The lowest BCUT2D eigenvalue weighted by atomic mass is 10.1. The molecule has 1 aromatic carbocycles. The topological polar surface area (TPSA) is 74.7 Å². The van der Waals surface area contributed by atoms with Gasteiger partial charge in [-0.3, -0.25) is 0 Å². The van der Waals surface area contributed by atoms with E-state index >= 15 is 0 Å². The summed E-state index contributed by atoms with van der Waals surface area (Å²) in [6.45, 7) is 1.84. The highest BCUT2D eigenvalue weighted by Crippen LogP contribution is 2.22. The molecule has 1 aromatic heterocycles. The van der Waals surface area contributed by atoms with E-state index in [1.807, 2.05) is 37.3 Å². The second kappa shape index (κ2) is 4.54. The second-order valence-electron chi connectivity index (χ2n) is 3.69. The zero-order chi connectivity index (χ0) is 12.3. The minimum absolute atomic E-state index is 0.403. The van der Waals surface area contributed by atoms with Crippen molar-refractivity contribution < 1.29 is 0 Å². The number of hydrogen-bond donors (Lipinski definition) is 2. The predicted molar refractivity (Wildman–Crippen MR) is 67.8 cm³/mol. The van der Waals surface area contributed by atoms with Gasteiger partial charge in [-0.25, -0.2) is 4.98 Å². The lowest BCUT2D eigenvalue weighted by Gasteiger charge is -2.09. The summed E-state index contributed by atoms with van der Waals surface area (Å²) in [6, 6.07) is 13.4. The number of aromatic nitrogens is 1. The summed E-state index contributed by atoms with van der Waals surface area (Å²) in [5, 5.41) is 12.2. The normalized spacial score (nSPS) is 9.65. The SMILES string of the molecule is Cc1cc(N)nc(Nc2ccccc2)c1C#N. The Kier molecular flexibility index (Phi) is 2.93. The Morgan fingerprint density at radius 2 is 2.00 bits per heavy atom. The number of rotatable bonds is 2. The first kappa shape index (κ1) is 11.0. The van der Waals surface area contributed by atoms with Crippen LogP contribution in [0.2, 0.25) is 0 Å². The number of pyridine rings is 1. The molecule has 0 aliphatic carbocycles. The molecule has 0 atom stereocenters. The van der Waals surface area contributed by atoms with Crippen molar-refractivity contribution >= 4 is 17.3 Å². The van der Waals surface area contributed by atoms with Gasteiger partial charge in [0.15, 0.2) is 5.82 Å². The fourth-order valence-corrected chi connectivity index (χ4v) is 1.59. The van der Waals surface area contributed by atoms with Crippen molar-refractivity contribution in [1.29, 1.82) is 5.26 Å². The van der Waals surface area contributed by atoms with Crippen LogP contribution >= 0.6 is 0 Å². The smallest absolute Gasteiger partial charge is 0.151 e. The van der Waals surface area contributed by atoms with Crippen molar-refractivity contribution in [2.75, 3.05) is 11.1 Å². The molecule has 17 heavy (non-hydrogen) atoms. The van der Waals surface area contributed by atoms with Crippen molar-refractivity contribution in [2.24, 2.45) is 0 Å². The van der Waals surface area contributed by atoms with Gasteiger partial charge in [-0.05, 0) is 30.7 Å². The molecule has 1 heterocycles. The third kappa shape index (κ3) is 2.34. The maximum Gasteiger partial charge on any atom is 0.151 e. The average Bonchev–Trinajstić information content (AvgIpc) is 2.30. The van der Waals surface area contributed by atoms with Gasteiger partial charge in [-0.2, -0.15) is 5.26 Å². The van der Waals surface area contributed by atoms with Gasteiger partial charge in [-0.15, -0.1) is 0 Å². The van der Waals surface area contributed by atoms with E-state index in [2.05, 4.69) is 16.4 Å². The monoisotopic (exact) mass is 224 g/mol. The summed E-state index contributed by atoms with van der Waals surface area (Å²) < 4.78 is 0. The van der Waals surface area contributed by atoms with E-state index in [4.69, 9.17) is 11.0 Å². The van der Waals surface area contributed by atoms with Crippen LogP contribution in [0.3, 0.4) is 0 Å². The van der Waals surface area contributed by atoms with Crippen molar-refractivity contribution in [3.63, 3.8) is 0 Å². The summed E-state index contributed by atoms with van der Waals surface area (Å²) in [6.07, 6.45) is 0. The van der Waals surface area contributed by atoms with E-state index in [1.165, 1.54) is 0 Å². The number of nitrogens with zero attached hydrogens (tertiary/aromatic N) is 2. The van der Waals surface area contributed by atoms with Crippen LogP contribution in [0.4, 0.5) is 17.3 Å². The van der Waals surface area contributed by atoms with Crippen LogP contribution in [0.5, 0.6) is 0 Å². The molecule has 3 N–H and O–H groups in total. The molecule has 2 aromatic rings. The van der Waals surface area contributed by atoms with Gasteiger partial charge in [-0.1, -0.05) is 18.2 Å². The first-order valence-corrected chi connectivity index (χ1v) is 5.20. The van der Waals surface area contributed by atoms with Gasteiger partial charge in [0.05, 0.1) is 5.56 Å². The number of para-hydroxylation sites is 1.